The van der Waals surface area contributed by atoms with Crippen LogP contribution in [-0.4, -0.2) is 36.5 Å². The predicted octanol–water partition coefficient (Wildman–Crippen LogP) is 0.157. The smallest absolute Gasteiger partial charge is 0.180 e. The Kier molecular flexibility index (Phi) is 13.9. The van der Waals surface area contributed by atoms with Gasteiger partial charge in [0.2, 0.25) is 0 Å². The van der Waals surface area contributed by atoms with Crippen LogP contribution in [0.4, 0.5) is 0 Å². The molecule has 0 aromatic carbocycles. The molecule has 0 amide bonds. The highest BCUT2D eigenvalue weighted by atomic mass is 79.9. The Bertz CT molecular complexity index is 144. The van der Waals surface area contributed by atoms with Crippen LogP contribution in [0.25, 0.3) is 0 Å². The summed E-state index contributed by atoms with van der Waals surface area (Å²) >= 11 is 0. The molecular formula is C13H30BrNO. The molecule has 0 rings (SSSR count). The third-order valence-corrected chi connectivity index (χ3v) is 3.19. The minimum absolute atomic E-state index is 0. The third-order valence-electron chi connectivity index (χ3n) is 3.19. The molecule has 0 radical (unpaired) electrons. The molecule has 2 nitrogen and oxygen atoms in total. The van der Waals surface area contributed by atoms with Crippen LogP contribution in [0, 0.1) is 0 Å². The van der Waals surface area contributed by atoms with E-state index in [0.29, 0.717) is 6.73 Å². The number of rotatable bonds is 10. The molecule has 0 bridgehead atoms. The number of hydrogen-bond donors (Lipinski definition) is 1. The quantitative estimate of drug-likeness (QED) is 0.346. The van der Waals surface area contributed by atoms with Crippen LogP contribution in [0.2, 0.25) is 0 Å². The third kappa shape index (κ3) is 9.61. The van der Waals surface area contributed by atoms with Crippen molar-refractivity contribution >= 4 is 0 Å². The molecule has 0 aromatic heterocycles. The fourth-order valence-electron chi connectivity index (χ4n) is 1.92. The van der Waals surface area contributed by atoms with E-state index in [1.165, 1.54) is 44.9 Å². The number of quaternary nitrogens is 1. The Morgan fingerprint density at radius 3 is 1.69 bits per heavy atom. The predicted molar refractivity (Wildman–Crippen MR) is 66.7 cm³/mol. The van der Waals surface area contributed by atoms with Crippen molar-refractivity contribution < 1.29 is 26.6 Å². The van der Waals surface area contributed by atoms with Crippen LogP contribution in [-0.2, 0) is 0 Å². The van der Waals surface area contributed by atoms with Crippen molar-refractivity contribution in [3.8, 4) is 0 Å². The highest BCUT2D eigenvalue weighted by Gasteiger charge is 2.18. The van der Waals surface area contributed by atoms with E-state index in [1.54, 1.807) is 0 Å². The Labute approximate surface area is 112 Å². The summed E-state index contributed by atoms with van der Waals surface area (Å²) < 4.78 is 0.851. The lowest BCUT2D eigenvalue weighted by atomic mass is 10.1. The van der Waals surface area contributed by atoms with Gasteiger partial charge in [0.05, 0.1) is 20.1 Å². The molecule has 0 fully saturated rings. The van der Waals surface area contributed by atoms with Crippen molar-refractivity contribution in [2.24, 2.45) is 0 Å². The van der Waals surface area contributed by atoms with Crippen molar-refractivity contribution in [3.63, 3.8) is 0 Å². The van der Waals surface area contributed by atoms with Gasteiger partial charge < -0.3 is 26.6 Å². The lowest BCUT2D eigenvalue weighted by Crippen LogP contribution is -3.00. The van der Waals surface area contributed by atoms with Crippen LogP contribution < -0.4 is 17.0 Å². The molecule has 3 heteroatoms. The molecule has 0 saturated carbocycles. The molecule has 100 valence electrons. The average molecular weight is 296 g/mol. The second kappa shape index (κ2) is 11.9. The number of halogens is 1. The summed E-state index contributed by atoms with van der Waals surface area (Å²) in [5.41, 5.74) is 0. The first-order valence-corrected chi connectivity index (χ1v) is 6.63. The zero-order valence-electron chi connectivity index (χ0n) is 11.3. The van der Waals surface area contributed by atoms with Gasteiger partial charge in [-0.1, -0.05) is 33.1 Å². The van der Waals surface area contributed by atoms with E-state index in [9.17, 15) is 5.11 Å². The molecule has 0 aliphatic carbocycles. The molecule has 0 spiro atoms. The van der Waals surface area contributed by atoms with E-state index >= 15 is 0 Å². The maximum atomic E-state index is 9.41. The highest BCUT2D eigenvalue weighted by molar-refractivity contribution is 4.43. The van der Waals surface area contributed by atoms with Crippen molar-refractivity contribution in [1.29, 1.82) is 0 Å². The molecule has 0 aromatic rings. The monoisotopic (exact) mass is 295 g/mol. The molecule has 0 heterocycles. The fourth-order valence-corrected chi connectivity index (χ4v) is 1.92. The first kappa shape index (κ1) is 18.8. The van der Waals surface area contributed by atoms with Gasteiger partial charge in [0.1, 0.15) is 0 Å². The summed E-state index contributed by atoms with van der Waals surface area (Å²) in [4.78, 5) is 0. The number of nitrogens with zero attached hydrogens (tertiary/aromatic N) is 1. The summed E-state index contributed by atoms with van der Waals surface area (Å²) in [5, 5.41) is 9.41. The van der Waals surface area contributed by atoms with Gasteiger partial charge in [-0.25, -0.2) is 0 Å². The lowest BCUT2D eigenvalue weighted by Gasteiger charge is -2.32. The number of hydrogen-bond acceptors (Lipinski definition) is 1. The van der Waals surface area contributed by atoms with Crippen molar-refractivity contribution in [2.75, 3.05) is 26.9 Å². The second-order valence-electron chi connectivity index (χ2n) is 4.98. The summed E-state index contributed by atoms with van der Waals surface area (Å²) in [6.07, 6.45) is 9.01. The maximum absolute atomic E-state index is 9.41. The second-order valence-corrected chi connectivity index (χ2v) is 4.98. The van der Waals surface area contributed by atoms with Gasteiger partial charge in [-0.15, -0.1) is 0 Å². The summed E-state index contributed by atoms with van der Waals surface area (Å²) in [6, 6.07) is 0. The fraction of sp³-hybridized carbons (Fsp3) is 1.00. The van der Waals surface area contributed by atoms with Gasteiger partial charge in [-0.05, 0) is 25.7 Å². The molecule has 1 atom stereocenters. The minimum Gasteiger partial charge on any atom is -1.00 e. The zero-order chi connectivity index (χ0) is 11.6. The Balaban J connectivity index is 0. The van der Waals surface area contributed by atoms with Gasteiger partial charge in [-0.2, -0.15) is 0 Å². The average Bonchev–Trinajstić information content (AvgIpc) is 2.25. The van der Waals surface area contributed by atoms with Gasteiger partial charge in [0, 0.05) is 0 Å². The standard InChI is InChI=1S/C13H30NO.BrH/c1-4-6-8-10-12-14(3,13-15)11-9-7-5-2;/h15H,4-13H2,1-3H3;1H/q+1;/p-1. The van der Waals surface area contributed by atoms with E-state index in [0.717, 1.165) is 17.6 Å². The van der Waals surface area contributed by atoms with Crippen LogP contribution in [0.1, 0.15) is 58.8 Å². The number of unbranched alkanes of at least 4 members (excludes halogenated alkanes) is 5. The summed E-state index contributed by atoms with van der Waals surface area (Å²) in [5.74, 6) is 0. The lowest BCUT2D eigenvalue weighted by molar-refractivity contribution is -0.927. The molecule has 0 aliphatic rings. The van der Waals surface area contributed by atoms with Gasteiger partial charge >= 0.3 is 0 Å². The summed E-state index contributed by atoms with van der Waals surface area (Å²) in [7, 11) is 2.18. The van der Waals surface area contributed by atoms with Crippen LogP contribution >= 0.6 is 0 Å². The Hall–Kier alpha value is 0.400. The molecular weight excluding hydrogens is 266 g/mol. The number of aliphatic hydroxyl groups excluding tert-OH is 1. The van der Waals surface area contributed by atoms with E-state index in [4.69, 9.17) is 0 Å². The highest BCUT2D eigenvalue weighted by Crippen LogP contribution is 2.10. The number of aliphatic hydroxyl groups is 1. The molecule has 0 aliphatic heterocycles. The van der Waals surface area contributed by atoms with Crippen molar-refractivity contribution in [2.45, 2.75) is 58.8 Å². The molecule has 1 unspecified atom stereocenters. The first-order chi connectivity index (χ1) is 7.18. The van der Waals surface area contributed by atoms with E-state index in [2.05, 4.69) is 20.9 Å². The van der Waals surface area contributed by atoms with Crippen LogP contribution in [0.3, 0.4) is 0 Å². The molecule has 16 heavy (non-hydrogen) atoms. The normalized spacial score (nSPS) is 14.2. The Morgan fingerprint density at radius 2 is 1.25 bits per heavy atom. The zero-order valence-corrected chi connectivity index (χ0v) is 12.9. The summed E-state index contributed by atoms with van der Waals surface area (Å²) in [6.45, 7) is 7.04. The van der Waals surface area contributed by atoms with Crippen molar-refractivity contribution in [1.82, 2.24) is 0 Å². The van der Waals surface area contributed by atoms with E-state index in [-0.39, 0.29) is 17.0 Å². The van der Waals surface area contributed by atoms with Crippen molar-refractivity contribution in [3.05, 3.63) is 0 Å². The van der Waals surface area contributed by atoms with Gasteiger partial charge in [-0.3, -0.25) is 0 Å². The molecule has 1 N–H and O–H groups in total. The van der Waals surface area contributed by atoms with E-state index in [1.807, 2.05) is 0 Å². The van der Waals surface area contributed by atoms with Gasteiger partial charge in [0.25, 0.3) is 0 Å². The SMILES string of the molecule is CCCCCC[N+](C)(CO)CCCCC.[Br-]. The Morgan fingerprint density at radius 1 is 0.812 bits per heavy atom. The van der Waals surface area contributed by atoms with Gasteiger partial charge in [0.15, 0.2) is 6.73 Å². The van der Waals surface area contributed by atoms with Crippen LogP contribution in [0.5, 0.6) is 0 Å². The van der Waals surface area contributed by atoms with E-state index < -0.39 is 0 Å². The minimum atomic E-state index is 0. The molecule has 0 saturated heterocycles. The van der Waals surface area contributed by atoms with Crippen LogP contribution in [0.15, 0.2) is 0 Å². The first-order valence-electron chi connectivity index (χ1n) is 6.63. The topological polar surface area (TPSA) is 20.2 Å². The largest absolute Gasteiger partial charge is 1.00 e. The maximum Gasteiger partial charge on any atom is 0.180 e.